The van der Waals surface area contributed by atoms with Crippen LogP contribution >= 0.6 is 0 Å². The van der Waals surface area contributed by atoms with Crippen molar-refractivity contribution in [1.29, 1.82) is 0 Å². The molecule has 0 saturated carbocycles. The largest absolute Gasteiger partial charge is 0.394 e. The zero-order valence-corrected chi connectivity index (χ0v) is 7.05. The second-order valence-electron chi connectivity index (χ2n) is 2.66. The zero-order valence-electron chi connectivity index (χ0n) is 7.05. The van der Waals surface area contributed by atoms with Crippen molar-refractivity contribution in [3.8, 4) is 0 Å². The van der Waals surface area contributed by atoms with E-state index in [-0.39, 0.29) is 13.0 Å². The van der Waals surface area contributed by atoms with Crippen molar-refractivity contribution in [3.05, 3.63) is 0 Å². The third-order valence-corrected chi connectivity index (χ3v) is 1.51. The van der Waals surface area contributed by atoms with Gasteiger partial charge in [0.25, 0.3) is 0 Å². The van der Waals surface area contributed by atoms with Crippen LogP contribution < -0.4 is 0 Å². The molecule has 3 atom stereocenters. The molecule has 0 saturated heterocycles. The molecule has 0 aliphatic carbocycles. The van der Waals surface area contributed by atoms with Gasteiger partial charge in [-0.05, 0) is 0 Å². The molecular formula is C7H16O5. The molecule has 74 valence electrons. The Labute approximate surface area is 71.2 Å². The van der Waals surface area contributed by atoms with Crippen LogP contribution in [-0.4, -0.2) is 59.1 Å². The maximum Gasteiger partial charge on any atom is 0.103 e. The second-order valence-corrected chi connectivity index (χ2v) is 2.66. The van der Waals surface area contributed by atoms with Crippen LogP contribution in [0.2, 0.25) is 0 Å². The van der Waals surface area contributed by atoms with E-state index >= 15 is 0 Å². The van der Waals surface area contributed by atoms with Gasteiger partial charge in [-0.15, -0.1) is 0 Å². The minimum absolute atomic E-state index is 0.0132. The molecule has 4 N–H and O–H groups in total. The maximum absolute atomic E-state index is 9.15. The van der Waals surface area contributed by atoms with E-state index < -0.39 is 24.9 Å². The van der Waals surface area contributed by atoms with Crippen molar-refractivity contribution in [2.24, 2.45) is 0 Å². The molecular weight excluding hydrogens is 164 g/mol. The minimum Gasteiger partial charge on any atom is -0.394 e. The van der Waals surface area contributed by atoms with Crippen molar-refractivity contribution in [3.63, 3.8) is 0 Å². The van der Waals surface area contributed by atoms with Crippen molar-refractivity contribution in [2.75, 3.05) is 20.3 Å². The zero-order chi connectivity index (χ0) is 9.56. The molecule has 0 spiro atoms. The number of methoxy groups -OCH3 is 1. The van der Waals surface area contributed by atoms with Gasteiger partial charge in [-0.3, -0.25) is 0 Å². The summed E-state index contributed by atoms with van der Waals surface area (Å²) in [6, 6.07) is 0. The van der Waals surface area contributed by atoms with E-state index in [0.29, 0.717) is 0 Å². The lowest BCUT2D eigenvalue weighted by molar-refractivity contribution is -0.0514. The summed E-state index contributed by atoms with van der Waals surface area (Å²) in [6.45, 7) is -0.407. The number of aliphatic hydroxyl groups is 4. The number of ether oxygens (including phenoxy) is 1. The van der Waals surface area contributed by atoms with Crippen LogP contribution in [0, 0.1) is 0 Å². The molecule has 0 bridgehead atoms. The first kappa shape index (κ1) is 11.8. The van der Waals surface area contributed by atoms with E-state index in [1.165, 1.54) is 7.11 Å². The molecule has 1 unspecified atom stereocenters. The predicted molar refractivity (Wildman–Crippen MR) is 41.6 cm³/mol. The van der Waals surface area contributed by atoms with Crippen LogP contribution in [0.1, 0.15) is 6.42 Å². The molecule has 0 aromatic heterocycles. The molecule has 0 aromatic carbocycles. The molecule has 5 nitrogen and oxygen atoms in total. The SMILES string of the molecule is COC[C@@H](O)C(O)C[C@H](O)CO. The lowest BCUT2D eigenvalue weighted by Gasteiger charge is -2.18. The van der Waals surface area contributed by atoms with Crippen LogP contribution in [-0.2, 0) is 4.74 Å². The highest BCUT2D eigenvalue weighted by Crippen LogP contribution is 2.03. The first-order valence-corrected chi connectivity index (χ1v) is 3.75. The van der Waals surface area contributed by atoms with Crippen LogP contribution in [0.15, 0.2) is 0 Å². The van der Waals surface area contributed by atoms with Gasteiger partial charge in [0.05, 0.1) is 25.4 Å². The number of aliphatic hydroxyl groups excluding tert-OH is 4. The first-order valence-electron chi connectivity index (χ1n) is 3.75. The summed E-state index contributed by atoms with van der Waals surface area (Å²) in [7, 11) is 1.40. The van der Waals surface area contributed by atoms with Gasteiger partial charge in [0.1, 0.15) is 6.10 Å². The summed E-state index contributed by atoms with van der Waals surface area (Å²) < 4.78 is 4.59. The molecule has 0 fully saturated rings. The highest BCUT2D eigenvalue weighted by atomic mass is 16.5. The molecule has 0 aromatic rings. The number of hydrogen-bond donors (Lipinski definition) is 4. The molecule has 0 amide bonds. The fraction of sp³-hybridized carbons (Fsp3) is 1.00. The van der Waals surface area contributed by atoms with E-state index in [0.717, 1.165) is 0 Å². The predicted octanol–water partition coefficient (Wildman–Crippen LogP) is -1.90. The Morgan fingerprint density at radius 1 is 1.17 bits per heavy atom. The Bertz CT molecular complexity index is 108. The fourth-order valence-electron chi connectivity index (χ4n) is 0.792. The minimum atomic E-state index is -1.06. The van der Waals surface area contributed by atoms with Crippen LogP contribution in [0.5, 0.6) is 0 Å². The molecule has 5 heteroatoms. The van der Waals surface area contributed by atoms with Crippen molar-refractivity contribution in [2.45, 2.75) is 24.7 Å². The molecule has 12 heavy (non-hydrogen) atoms. The Kier molecular flexibility index (Phi) is 6.23. The molecule has 0 rings (SSSR count). The van der Waals surface area contributed by atoms with Crippen LogP contribution in [0.25, 0.3) is 0 Å². The van der Waals surface area contributed by atoms with E-state index in [1.54, 1.807) is 0 Å². The summed E-state index contributed by atoms with van der Waals surface area (Å²) in [4.78, 5) is 0. The average molecular weight is 180 g/mol. The number of rotatable bonds is 6. The molecule has 0 radical (unpaired) electrons. The van der Waals surface area contributed by atoms with Gasteiger partial charge in [0.2, 0.25) is 0 Å². The van der Waals surface area contributed by atoms with E-state index in [9.17, 15) is 0 Å². The first-order chi connectivity index (χ1) is 5.61. The van der Waals surface area contributed by atoms with Crippen molar-refractivity contribution in [1.82, 2.24) is 0 Å². The normalized spacial score (nSPS) is 18.8. The standard InChI is InChI=1S/C7H16O5/c1-12-4-7(11)6(10)2-5(9)3-8/h5-11H,2-4H2,1H3/t5-,6?,7+/m0/s1. The van der Waals surface area contributed by atoms with Gasteiger partial charge in [-0.2, -0.15) is 0 Å². The lowest BCUT2D eigenvalue weighted by Crippen LogP contribution is -2.34. The summed E-state index contributed by atoms with van der Waals surface area (Å²) in [5, 5.41) is 35.5. The van der Waals surface area contributed by atoms with E-state index in [2.05, 4.69) is 4.74 Å². The highest BCUT2D eigenvalue weighted by molar-refractivity contribution is 4.70. The third kappa shape index (κ3) is 4.63. The summed E-state index contributed by atoms with van der Waals surface area (Å²) in [6.07, 6.45) is -3.13. The lowest BCUT2D eigenvalue weighted by atomic mass is 10.1. The van der Waals surface area contributed by atoms with Gasteiger partial charge in [0.15, 0.2) is 0 Å². The maximum atomic E-state index is 9.15. The Hall–Kier alpha value is -0.200. The summed E-state index contributed by atoms with van der Waals surface area (Å²) >= 11 is 0. The Morgan fingerprint density at radius 3 is 2.17 bits per heavy atom. The van der Waals surface area contributed by atoms with Gasteiger partial charge >= 0.3 is 0 Å². The van der Waals surface area contributed by atoms with Gasteiger partial charge in [0, 0.05) is 13.5 Å². The van der Waals surface area contributed by atoms with Crippen LogP contribution in [0.3, 0.4) is 0 Å². The van der Waals surface area contributed by atoms with Gasteiger partial charge in [-0.25, -0.2) is 0 Å². The average Bonchev–Trinajstić information content (AvgIpc) is 2.04. The van der Waals surface area contributed by atoms with E-state index in [4.69, 9.17) is 20.4 Å². The monoisotopic (exact) mass is 180 g/mol. The molecule has 0 heterocycles. The second kappa shape index (κ2) is 6.33. The van der Waals surface area contributed by atoms with E-state index in [1.807, 2.05) is 0 Å². The van der Waals surface area contributed by atoms with Crippen LogP contribution in [0.4, 0.5) is 0 Å². The molecule has 0 aliphatic heterocycles. The summed E-state index contributed by atoms with van der Waals surface area (Å²) in [5.74, 6) is 0. The Morgan fingerprint density at radius 2 is 1.75 bits per heavy atom. The summed E-state index contributed by atoms with van der Waals surface area (Å²) in [5.41, 5.74) is 0. The van der Waals surface area contributed by atoms with Crippen molar-refractivity contribution >= 4 is 0 Å². The molecule has 0 aliphatic rings. The Balaban J connectivity index is 3.62. The highest BCUT2D eigenvalue weighted by Gasteiger charge is 2.19. The fourth-order valence-corrected chi connectivity index (χ4v) is 0.792. The van der Waals surface area contributed by atoms with Gasteiger partial charge < -0.3 is 25.2 Å². The number of hydrogen-bond acceptors (Lipinski definition) is 5. The third-order valence-electron chi connectivity index (χ3n) is 1.51. The quantitative estimate of drug-likeness (QED) is 0.383. The smallest absolute Gasteiger partial charge is 0.103 e. The van der Waals surface area contributed by atoms with Gasteiger partial charge in [-0.1, -0.05) is 0 Å². The van der Waals surface area contributed by atoms with Crippen molar-refractivity contribution < 1.29 is 25.2 Å². The topological polar surface area (TPSA) is 90.2 Å².